The van der Waals surface area contributed by atoms with Gasteiger partial charge in [-0.2, -0.15) is 0 Å². The van der Waals surface area contributed by atoms with Crippen LogP contribution in [0.3, 0.4) is 0 Å². The smallest absolute Gasteiger partial charge is 0.0531 e. The van der Waals surface area contributed by atoms with E-state index in [0.29, 0.717) is 6.04 Å². The molecule has 1 N–H and O–H groups in total. The number of nitrogens with one attached hydrogen (secondary N) is 1. The molecule has 0 saturated carbocycles. The quantitative estimate of drug-likeness (QED) is 0.175. The molecule has 282 valence electrons. The molecule has 0 radical (unpaired) electrons. The average Bonchev–Trinajstić information content (AvgIpc) is 4.18. The fourth-order valence-electron chi connectivity index (χ4n) is 25.6. The summed E-state index contributed by atoms with van der Waals surface area (Å²) in [6.45, 7) is 3.52. The lowest BCUT2D eigenvalue weighted by atomic mass is 9.48. The standard InChI is InChI=1S/C66H13N/c1-2-3-4-6-66-63-57-51-41-29-21-13-9-7-8-11-15(13)23(29)33-27-19(11)20-12(8)16-14-10(7)18-17(9)25-31(21)39-45-35(25)36-26(18)32-22(14)30-24(16)34-28(20)38-37(27)49(43(33)51)59(63)60-50(38)44(34)52-42(30)48-40(32)46(36)54-53(45)61(55(57)47(39)41)65(66,5-67-6)62(54)56(48)58(52)64(60)66/h6,67H,2-5H2,1H3. The highest BCUT2D eigenvalue weighted by Gasteiger charge is 2.74. The van der Waals surface area contributed by atoms with Gasteiger partial charge in [0.05, 0.1) is 10.8 Å². The van der Waals surface area contributed by atoms with Gasteiger partial charge < -0.3 is 5.32 Å². The van der Waals surface area contributed by atoms with Crippen LogP contribution in [0.4, 0.5) is 0 Å². The molecule has 1 unspecified atom stereocenters. The molecule has 1 fully saturated rings. The molecule has 1 nitrogen and oxygen atoms in total. The van der Waals surface area contributed by atoms with Crippen LogP contribution in [0.25, 0.3) is 291 Å². The predicted molar refractivity (Wildman–Crippen MR) is 285 cm³/mol. The maximum absolute atomic E-state index is 4.67. The lowest BCUT2D eigenvalue weighted by Crippen LogP contribution is -2.54. The largest absolute Gasteiger partial charge is 0.311 e. The van der Waals surface area contributed by atoms with Crippen LogP contribution in [0.1, 0.15) is 48.4 Å². The monoisotopic (exact) mass is 819 g/mol. The molecular weight excluding hydrogens is 807 g/mol. The van der Waals surface area contributed by atoms with Crippen molar-refractivity contribution < 1.29 is 0 Å². The molecule has 0 aromatic heterocycles. The molecule has 1 saturated heterocycles. The summed E-state index contributed by atoms with van der Waals surface area (Å²) in [5.74, 6) is 0. The van der Waals surface area contributed by atoms with Crippen molar-refractivity contribution in [1.29, 1.82) is 0 Å². The number of hydrogen-bond donors (Lipinski definition) is 1. The fraction of sp³-hybridized carbons (Fsp3) is 0.121. The molecule has 1 atom stereocenters. The van der Waals surface area contributed by atoms with Crippen molar-refractivity contribution in [2.75, 3.05) is 6.54 Å². The Morgan fingerprint density at radius 3 is 0.642 bits per heavy atom. The highest BCUT2D eigenvalue weighted by Crippen LogP contribution is 2.85. The Morgan fingerprint density at radius 1 is 0.269 bits per heavy atom. The van der Waals surface area contributed by atoms with Gasteiger partial charge in [-0.15, -0.1) is 0 Å². The van der Waals surface area contributed by atoms with E-state index in [0.717, 1.165) is 6.54 Å². The van der Waals surface area contributed by atoms with E-state index < -0.39 is 0 Å². The van der Waals surface area contributed by atoms with Crippen LogP contribution >= 0.6 is 0 Å². The van der Waals surface area contributed by atoms with Gasteiger partial charge in [-0.25, -0.2) is 0 Å². The second-order valence-electron chi connectivity index (χ2n) is 25.5. The van der Waals surface area contributed by atoms with Crippen molar-refractivity contribution in [3.8, 4) is 0 Å². The minimum absolute atomic E-state index is 0.142. The Hall–Kier alpha value is -7.58. The van der Waals surface area contributed by atoms with Crippen LogP contribution < -0.4 is 5.32 Å². The molecule has 1 heteroatoms. The Labute approximate surface area is 366 Å². The van der Waals surface area contributed by atoms with Crippen molar-refractivity contribution >= 4 is 291 Å². The van der Waals surface area contributed by atoms with Crippen molar-refractivity contribution in [2.45, 2.75) is 43.1 Å². The SMILES string of the molecule is CCCCC1NCC23c4c5c6c7c8c9c(c%10c%11c2c2c4c4c%12c5c5c6c6c8c8c%13c9c9c%10c%10c%11c%11c2c2c4c4c%12c%12c5c5c6c8c6c8c%13c9c9c%10c%10c%11c2c2c4c4c%12c5c6c5c8c9c%10c2c45)C713. The van der Waals surface area contributed by atoms with E-state index >= 15 is 0 Å². The topological polar surface area (TPSA) is 12.0 Å². The van der Waals surface area contributed by atoms with Crippen LogP contribution in [0.15, 0.2) is 0 Å². The van der Waals surface area contributed by atoms with Crippen LogP contribution in [0.5, 0.6) is 0 Å². The third kappa shape index (κ3) is 1.28. The molecular formula is C66H13N. The maximum atomic E-state index is 4.67. The van der Waals surface area contributed by atoms with Gasteiger partial charge in [0, 0.05) is 12.6 Å². The van der Waals surface area contributed by atoms with Gasteiger partial charge >= 0.3 is 0 Å². The molecule has 0 amide bonds. The van der Waals surface area contributed by atoms with Gasteiger partial charge in [-0.05, 0) is 320 Å². The van der Waals surface area contributed by atoms with E-state index in [1.54, 1.807) is 291 Å². The van der Waals surface area contributed by atoms with Gasteiger partial charge in [0.15, 0.2) is 0 Å². The summed E-state index contributed by atoms with van der Waals surface area (Å²) in [5, 5.41) is 96.3. The minimum Gasteiger partial charge on any atom is -0.311 e. The lowest BCUT2D eigenvalue weighted by Gasteiger charge is -2.52. The Balaban J connectivity index is 1.23. The summed E-state index contributed by atoms with van der Waals surface area (Å²) in [7, 11) is 0. The molecule has 33 rings (SSSR count). The highest BCUT2D eigenvalue weighted by atomic mass is 15.0. The van der Waals surface area contributed by atoms with E-state index in [-0.39, 0.29) is 10.8 Å². The summed E-state index contributed by atoms with van der Waals surface area (Å²) >= 11 is 0. The zero-order valence-electron chi connectivity index (χ0n) is 34.9. The number of rotatable bonds is 3. The zero-order valence-corrected chi connectivity index (χ0v) is 34.9. The van der Waals surface area contributed by atoms with Crippen LogP contribution in [-0.4, -0.2) is 12.6 Å². The molecule has 5 aliphatic rings. The van der Waals surface area contributed by atoms with Crippen molar-refractivity contribution in [3.05, 3.63) is 22.3 Å². The molecule has 28 aromatic carbocycles. The lowest BCUT2D eigenvalue weighted by molar-refractivity contribution is 0.337. The van der Waals surface area contributed by atoms with Crippen LogP contribution in [0.2, 0.25) is 0 Å². The molecule has 0 bridgehead atoms. The first-order valence-electron chi connectivity index (χ1n) is 25.9. The first-order valence-corrected chi connectivity index (χ1v) is 25.9. The van der Waals surface area contributed by atoms with Gasteiger partial charge in [-0.3, -0.25) is 0 Å². The molecule has 28 aromatic rings. The summed E-state index contributed by atoms with van der Waals surface area (Å²) in [6, 6.07) is 0.392. The highest BCUT2D eigenvalue weighted by molar-refractivity contribution is 6.82. The number of benzene rings is 18. The second-order valence-corrected chi connectivity index (χ2v) is 25.5. The Morgan fingerprint density at radius 2 is 0.448 bits per heavy atom. The van der Waals surface area contributed by atoms with Crippen molar-refractivity contribution in [1.82, 2.24) is 5.32 Å². The van der Waals surface area contributed by atoms with E-state index in [2.05, 4.69) is 12.2 Å². The van der Waals surface area contributed by atoms with Gasteiger partial charge in [0.2, 0.25) is 0 Å². The number of unbranched alkanes of at least 4 members (excludes halogenated alkanes) is 1. The van der Waals surface area contributed by atoms with Crippen molar-refractivity contribution in [2.24, 2.45) is 0 Å². The average molecular weight is 820 g/mol. The first kappa shape index (κ1) is 24.8. The second kappa shape index (κ2) is 5.54. The fourth-order valence-corrected chi connectivity index (χ4v) is 25.6. The van der Waals surface area contributed by atoms with Crippen LogP contribution in [0, 0.1) is 0 Å². The summed E-state index contributed by atoms with van der Waals surface area (Å²) < 4.78 is 0. The van der Waals surface area contributed by atoms with Crippen LogP contribution in [-0.2, 0) is 10.8 Å². The third-order valence-corrected chi connectivity index (χ3v) is 25.5. The van der Waals surface area contributed by atoms with Gasteiger partial charge in [-0.1, -0.05) is 19.8 Å². The van der Waals surface area contributed by atoms with E-state index in [1.807, 2.05) is 22.3 Å². The van der Waals surface area contributed by atoms with E-state index in [4.69, 9.17) is 0 Å². The molecule has 67 heavy (non-hydrogen) atoms. The Kier molecular flexibility index (Phi) is 2.05. The summed E-state index contributed by atoms with van der Waals surface area (Å²) in [4.78, 5) is 0. The molecule has 1 aliphatic heterocycles. The molecule has 1 heterocycles. The molecule has 4 aliphatic carbocycles. The van der Waals surface area contributed by atoms with E-state index in [1.165, 1.54) is 19.3 Å². The van der Waals surface area contributed by atoms with Gasteiger partial charge in [0.1, 0.15) is 0 Å². The minimum atomic E-state index is -0.145. The third-order valence-electron chi connectivity index (χ3n) is 25.5. The van der Waals surface area contributed by atoms with Crippen molar-refractivity contribution in [3.63, 3.8) is 0 Å². The first-order chi connectivity index (χ1) is 33.4. The normalized spacial score (nSPS) is 24.2. The summed E-state index contributed by atoms with van der Waals surface area (Å²) in [5.41, 5.74) is 7.00. The molecule has 2 spiro atoms. The van der Waals surface area contributed by atoms with E-state index in [9.17, 15) is 0 Å². The predicted octanol–water partition coefficient (Wildman–Crippen LogP) is 17.5. The maximum Gasteiger partial charge on any atom is 0.0531 e. The Bertz CT molecular complexity index is 6830. The zero-order chi connectivity index (χ0) is 39.6. The van der Waals surface area contributed by atoms with Gasteiger partial charge in [0.25, 0.3) is 0 Å². The summed E-state index contributed by atoms with van der Waals surface area (Å²) in [6.07, 6.45) is 3.77. The number of hydrogen-bond acceptors (Lipinski definition) is 1.